The second-order valence-electron chi connectivity index (χ2n) is 9.13. The van der Waals surface area contributed by atoms with Crippen molar-refractivity contribution in [3.05, 3.63) is 71.8 Å². The molecule has 0 heterocycles. The number of nitrogens with zero attached hydrogens (tertiary/aromatic N) is 1. The van der Waals surface area contributed by atoms with E-state index in [4.69, 9.17) is 9.47 Å². The Morgan fingerprint density at radius 1 is 0.889 bits per heavy atom. The summed E-state index contributed by atoms with van der Waals surface area (Å²) in [6.45, 7) is 6.60. The van der Waals surface area contributed by atoms with Crippen LogP contribution >= 0.6 is 0 Å². The summed E-state index contributed by atoms with van der Waals surface area (Å²) >= 11 is 0. The van der Waals surface area contributed by atoms with E-state index in [2.05, 4.69) is 16.1 Å². The molecule has 0 saturated carbocycles. The first-order valence-corrected chi connectivity index (χ1v) is 11.5. The summed E-state index contributed by atoms with van der Waals surface area (Å²) < 4.78 is 10.1. The van der Waals surface area contributed by atoms with Crippen molar-refractivity contribution in [2.45, 2.75) is 58.3 Å². The van der Waals surface area contributed by atoms with Crippen molar-refractivity contribution in [3.8, 4) is 0 Å². The summed E-state index contributed by atoms with van der Waals surface area (Å²) in [6.07, 6.45) is -0.598. The number of ether oxygens (including phenoxy) is 2. The Labute approximate surface area is 211 Å². The molecule has 2 aromatic rings. The zero-order valence-electron chi connectivity index (χ0n) is 21.2. The monoisotopic (exact) mass is 498 g/mol. The van der Waals surface area contributed by atoms with Gasteiger partial charge in [0.2, 0.25) is 5.91 Å². The fourth-order valence-electron chi connectivity index (χ4n) is 3.15. The van der Waals surface area contributed by atoms with E-state index in [1.165, 1.54) is 14.0 Å². The van der Waals surface area contributed by atoms with Gasteiger partial charge < -0.3 is 20.1 Å². The summed E-state index contributed by atoms with van der Waals surface area (Å²) in [6, 6.07) is 15.5. The standard InChI is InChI=1S/C26H34N4O6/c1-18(22(31)28-21(23(32)35-5)16-19-12-8-6-9-13-19)27-24(33)30(17-20-14-10-7-11-15-20)29-25(34)36-26(2,3)4/h6-15,18,21H,16-17H2,1-5H3,(H,27,33)(H,28,31)(H,29,34)/t18-,21-/m0/s1. The van der Waals surface area contributed by atoms with Crippen molar-refractivity contribution in [1.82, 2.24) is 21.1 Å². The quantitative estimate of drug-likeness (QED) is 0.380. The molecule has 0 bridgehead atoms. The van der Waals surface area contributed by atoms with Crippen LogP contribution in [0, 0.1) is 0 Å². The number of benzene rings is 2. The average Bonchev–Trinajstić information content (AvgIpc) is 2.82. The van der Waals surface area contributed by atoms with Crippen molar-refractivity contribution in [3.63, 3.8) is 0 Å². The predicted octanol–water partition coefficient (Wildman–Crippen LogP) is 2.93. The van der Waals surface area contributed by atoms with Gasteiger partial charge in [-0.15, -0.1) is 0 Å². The Bertz CT molecular complexity index is 1020. The van der Waals surface area contributed by atoms with Gasteiger partial charge in [-0.3, -0.25) is 4.79 Å². The minimum Gasteiger partial charge on any atom is -0.467 e. The molecule has 0 saturated heterocycles. The normalized spacial score (nSPS) is 12.5. The topological polar surface area (TPSA) is 126 Å². The second kappa shape index (κ2) is 13.1. The van der Waals surface area contributed by atoms with Crippen LogP contribution in [0.2, 0.25) is 0 Å². The molecule has 4 amide bonds. The van der Waals surface area contributed by atoms with E-state index < -0.39 is 41.7 Å². The molecule has 194 valence electrons. The Balaban J connectivity index is 2.08. The molecule has 10 nitrogen and oxygen atoms in total. The zero-order valence-corrected chi connectivity index (χ0v) is 21.2. The number of rotatable bonds is 8. The first-order valence-electron chi connectivity index (χ1n) is 11.5. The van der Waals surface area contributed by atoms with Crippen molar-refractivity contribution < 1.29 is 28.7 Å². The summed E-state index contributed by atoms with van der Waals surface area (Å²) in [5.74, 6) is -1.20. The van der Waals surface area contributed by atoms with Gasteiger partial charge in [-0.2, -0.15) is 0 Å². The van der Waals surface area contributed by atoms with E-state index in [9.17, 15) is 19.2 Å². The maximum Gasteiger partial charge on any atom is 0.426 e. The SMILES string of the molecule is COC(=O)[C@H](Cc1ccccc1)NC(=O)[C@H](C)NC(=O)N(Cc1ccccc1)NC(=O)OC(C)(C)C. The Kier molecular flexibility index (Phi) is 10.3. The summed E-state index contributed by atoms with van der Waals surface area (Å²) in [7, 11) is 1.24. The molecule has 0 fully saturated rings. The Morgan fingerprint density at radius 3 is 1.97 bits per heavy atom. The second-order valence-corrected chi connectivity index (χ2v) is 9.13. The van der Waals surface area contributed by atoms with Crippen molar-refractivity contribution in [2.75, 3.05) is 7.11 Å². The molecule has 0 spiro atoms. The summed E-state index contributed by atoms with van der Waals surface area (Å²) in [4.78, 5) is 50.4. The average molecular weight is 499 g/mol. The van der Waals surface area contributed by atoms with Gasteiger partial charge in [0.1, 0.15) is 17.7 Å². The molecule has 0 aliphatic heterocycles. The highest BCUT2D eigenvalue weighted by atomic mass is 16.6. The molecular weight excluding hydrogens is 464 g/mol. The number of methoxy groups -OCH3 is 1. The van der Waals surface area contributed by atoms with E-state index in [1.807, 2.05) is 36.4 Å². The van der Waals surface area contributed by atoms with E-state index >= 15 is 0 Å². The molecule has 10 heteroatoms. The van der Waals surface area contributed by atoms with Crippen LogP contribution in [-0.4, -0.2) is 53.8 Å². The van der Waals surface area contributed by atoms with Crippen LogP contribution in [-0.2, 0) is 32.0 Å². The predicted molar refractivity (Wildman–Crippen MR) is 133 cm³/mol. The minimum absolute atomic E-state index is 0.0268. The highest BCUT2D eigenvalue weighted by Crippen LogP contribution is 2.09. The maximum atomic E-state index is 13.0. The zero-order chi connectivity index (χ0) is 26.7. The number of hydrazine groups is 1. The third-order valence-electron chi connectivity index (χ3n) is 4.87. The van der Waals surface area contributed by atoms with Gasteiger partial charge in [0.25, 0.3) is 0 Å². The third-order valence-corrected chi connectivity index (χ3v) is 4.87. The molecule has 0 unspecified atom stereocenters. The van der Waals surface area contributed by atoms with Gasteiger partial charge in [-0.25, -0.2) is 24.8 Å². The van der Waals surface area contributed by atoms with Crippen LogP contribution < -0.4 is 16.1 Å². The van der Waals surface area contributed by atoms with Crippen LogP contribution in [0.25, 0.3) is 0 Å². The van der Waals surface area contributed by atoms with E-state index in [1.54, 1.807) is 45.0 Å². The number of hydrogen-bond acceptors (Lipinski definition) is 6. The van der Waals surface area contributed by atoms with Gasteiger partial charge in [0, 0.05) is 6.42 Å². The first-order chi connectivity index (χ1) is 17.0. The molecule has 2 atom stereocenters. The van der Waals surface area contributed by atoms with E-state index in [0.717, 1.165) is 16.1 Å². The van der Waals surface area contributed by atoms with Gasteiger partial charge >= 0.3 is 18.1 Å². The molecule has 3 N–H and O–H groups in total. The Hall–Kier alpha value is -4.08. The summed E-state index contributed by atoms with van der Waals surface area (Å²) in [5, 5.41) is 6.19. The lowest BCUT2D eigenvalue weighted by atomic mass is 10.1. The third kappa shape index (κ3) is 9.65. The lowest BCUT2D eigenvalue weighted by Crippen LogP contribution is -2.56. The fraction of sp³-hybridized carbons (Fsp3) is 0.385. The van der Waals surface area contributed by atoms with Crippen molar-refractivity contribution in [2.24, 2.45) is 0 Å². The van der Waals surface area contributed by atoms with Crippen LogP contribution in [0.3, 0.4) is 0 Å². The van der Waals surface area contributed by atoms with Crippen LogP contribution in [0.4, 0.5) is 9.59 Å². The van der Waals surface area contributed by atoms with Gasteiger partial charge in [0.15, 0.2) is 0 Å². The smallest absolute Gasteiger partial charge is 0.426 e. The van der Waals surface area contributed by atoms with Crippen LogP contribution in [0.5, 0.6) is 0 Å². The van der Waals surface area contributed by atoms with Crippen LogP contribution in [0.1, 0.15) is 38.8 Å². The summed E-state index contributed by atoms with van der Waals surface area (Å²) in [5.41, 5.74) is 3.23. The number of urea groups is 1. The molecule has 0 aromatic heterocycles. The first kappa shape index (κ1) is 28.2. The molecular formula is C26H34N4O6. The van der Waals surface area contributed by atoms with Gasteiger partial charge in [-0.1, -0.05) is 60.7 Å². The van der Waals surface area contributed by atoms with Gasteiger partial charge in [0.05, 0.1) is 13.7 Å². The number of carbonyl (C=O) groups is 4. The largest absolute Gasteiger partial charge is 0.467 e. The molecule has 36 heavy (non-hydrogen) atoms. The number of nitrogens with one attached hydrogen (secondary N) is 3. The molecule has 2 aromatic carbocycles. The highest BCUT2D eigenvalue weighted by molar-refractivity contribution is 5.90. The molecule has 0 aliphatic rings. The maximum absolute atomic E-state index is 13.0. The number of amides is 4. The molecule has 2 rings (SSSR count). The number of hydrogen-bond donors (Lipinski definition) is 3. The van der Waals surface area contributed by atoms with Crippen molar-refractivity contribution >= 4 is 24.0 Å². The van der Waals surface area contributed by atoms with Gasteiger partial charge in [-0.05, 0) is 38.8 Å². The lowest BCUT2D eigenvalue weighted by Gasteiger charge is -2.27. The fourth-order valence-corrected chi connectivity index (χ4v) is 3.15. The van der Waals surface area contributed by atoms with E-state index in [-0.39, 0.29) is 13.0 Å². The van der Waals surface area contributed by atoms with E-state index in [0.29, 0.717) is 0 Å². The van der Waals surface area contributed by atoms with Crippen molar-refractivity contribution in [1.29, 1.82) is 0 Å². The number of esters is 1. The Morgan fingerprint density at radius 2 is 1.44 bits per heavy atom. The highest BCUT2D eigenvalue weighted by Gasteiger charge is 2.27. The molecule has 0 aliphatic carbocycles. The minimum atomic E-state index is -1.03. The number of carbonyl (C=O) groups excluding carboxylic acids is 4. The van der Waals surface area contributed by atoms with Crippen LogP contribution in [0.15, 0.2) is 60.7 Å². The molecule has 0 radical (unpaired) electrons. The lowest BCUT2D eigenvalue weighted by molar-refractivity contribution is -0.145.